The van der Waals surface area contributed by atoms with Crippen molar-refractivity contribution in [2.24, 2.45) is 0 Å². The van der Waals surface area contributed by atoms with E-state index >= 15 is 0 Å². The Morgan fingerprint density at radius 3 is 2.54 bits per heavy atom. The van der Waals surface area contributed by atoms with E-state index in [9.17, 15) is 4.79 Å². The zero-order valence-corrected chi connectivity index (χ0v) is 17.8. The number of nitrogens with one attached hydrogen (secondary N) is 1. The van der Waals surface area contributed by atoms with Crippen LogP contribution in [0.25, 0.3) is 0 Å². The molecule has 0 radical (unpaired) electrons. The second kappa shape index (κ2) is 7.86. The standard InChI is InChI=1S/C24H31NO3/c1-7-20(27-21-11-9-15(2)12-17(21)4)23(26)25-19-14-24(5,6)28-22-13-16(3)8-10-18(19)22/h8-13,19-20H,7,14H2,1-6H3,(H,25,26)/t19-,20-/m0/s1. The van der Waals surface area contributed by atoms with Crippen molar-refractivity contribution in [1.29, 1.82) is 0 Å². The number of benzene rings is 2. The highest BCUT2D eigenvalue weighted by atomic mass is 16.5. The molecule has 150 valence electrons. The van der Waals surface area contributed by atoms with Gasteiger partial charge in [0.15, 0.2) is 6.10 Å². The maximum absolute atomic E-state index is 13.0. The van der Waals surface area contributed by atoms with Crippen molar-refractivity contribution in [2.45, 2.75) is 72.1 Å². The average molecular weight is 382 g/mol. The maximum atomic E-state index is 13.0. The van der Waals surface area contributed by atoms with E-state index in [0.29, 0.717) is 6.42 Å². The fourth-order valence-corrected chi connectivity index (χ4v) is 3.76. The smallest absolute Gasteiger partial charge is 0.261 e. The fraction of sp³-hybridized carbons (Fsp3) is 0.458. The predicted octanol–water partition coefficient (Wildman–Crippen LogP) is 5.19. The summed E-state index contributed by atoms with van der Waals surface area (Å²) in [7, 11) is 0. The molecule has 0 spiro atoms. The highest BCUT2D eigenvalue weighted by Crippen LogP contribution is 2.40. The largest absolute Gasteiger partial charge is 0.487 e. The van der Waals surface area contributed by atoms with Crippen molar-refractivity contribution in [3.8, 4) is 11.5 Å². The van der Waals surface area contributed by atoms with Gasteiger partial charge in [0.05, 0.1) is 6.04 Å². The highest BCUT2D eigenvalue weighted by molar-refractivity contribution is 5.81. The quantitative estimate of drug-likeness (QED) is 0.775. The summed E-state index contributed by atoms with van der Waals surface area (Å²) in [5.41, 5.74) is 4.05. The van der Waals surface area contributed by atoms with E-state index in [1.807, 2.05) is 45.9 Å². The van der Waals surface area contributed by atoms with Gasteiger partial charge in [0.1, 0.15) is 17.1 Å². The van der Waals surface area contributed by atoms with Crippen molar-refractivity contribution < 1.29 is 14.3 Å². The predicted molar refractivity (Wildman–Crippen MR) is 112 cm³/mol. The molecule has 2 aromatic carbocycles. The van der Waals surface area contributed by atoms with E-state index in [2.05, 4.69) is 37.4 Å². The minimum atomic E-state index is -0.527. The Kier molecular flexibility index (Phi) is 5.69. The van der Waals surface area contributed by atoms with Crippen molar-refractivity contribution in [2.75, 3.05) is 0 Å². The first-order valence-corrected chi connectivity index (χ1v) is 10.0. The first-order valence-electron chi connectivity index (χ1n) is 10.0. The van der Waals surface area contributed by atoms with Crippen LogP contribution in [0.3, 0.4) is 0 Å². The molecular weight excluding hydrogens is 350 g/mol. The van der Waals surface area contributed by atoms with E-state index in [4.69, 9.17) is 9.47 Å². The van der Waals surface area contributed by atoms with Gasteiger partial charge in [-0.15, -0.1) is 0 Å². The lowest BCUT2D eigenvalue weighted by Crippen LogP contribution is -2.45. The lowest BCUT2D eigenvalue weighted by molar-refractivity contribution is -0.129. The molecule has 0 aromatic heterocycles. The number of hydrogen-bond donors (Lipinski definition) is 1. The molecule has 0 bridgehead atoms. The Bertz CT molecular complexity index is 872. The Balaban J connectivity index is 1.79. The van der Waals surface area contributed by atoms with E-state index in [-0.39, 0.29) is 17.6 Å². The van der Waals surface area contributed by atoms with Gasteiger partial charge in [-0.3, -0.25) is 4.79 Å². The molecule has 0 aliphatic carbocycles. The zero-order valence-electron chi connectivity index (χ0n) is 17.8. The minimum Gasteiger partial charge on any atom is -0.487 e. The van der Waals surface area contributed by atoms with Gasteiger partial charge < -0.3 is 14.8 Å². The van der Waals surface area contributed by atoms with Crippen LogP contribution < -0.4 is 14.8 Å². The molecule has 1 aliphatic rings. The molecule has 0 fully saturated rings. The second-order valence-electron chi connectivity index (χ2n) is 8.45. The number of fused-ring (bicyclic) bond motifs is 1. The number of carbonyl (C=O) groups is 1. The molecular formula is C24H31NO3. The number of hydrogen-bond acceptors (Lipinski definition) is 3. The molecule has 1 amide bonds. The molecule has 4 heteroatoms. The maximum Gasteiger partial charge on any atom is 0.261 e. The van der Waals surface area contributed by atoms with Crippen LogP contribution in [0.15, 0.2) is 36.4 Å². The van der Waals surface area contributed by atoms with Crippen molar-refractivity contribution in [3.05, 3.63) is 58.7 Å². The summed E-state index contributed by atoms with van der Waals surface area (Å²) < 4.78 is 12.2. The van der Waals surface area contributed by atoms with Crippen LogP contribution in [-0.4, -0.2) is 17.6 Å². The molecule has 3 rings (SSSR count). The van der Waals surface area contributed by atoms with E-state index in [0.717, 1.165) is 34.6 Å². The van der Waals surface area contributed by atoms with Crippen LogP contribution in [0.4, 0.5) is 0 Å². The highest BCUT2D eigenvalue weighted by Gasteiger charge is 2.35. The van der Waals surface area contributed by atoms with Gasteiger partial charge in [-0.05, 0) is 64.3 Å². The fourth-order valence-electron chi connectivity index (χ4n) is 3.76. The van der Waals surface area contributed by atoms with Crippen LogP contribution >= 0.6 is 0 Å². The minimum absolute atomic E-state index is 0.0864. The van der Waals surface area contributed by atoms with Gasteiger partial charge in [-0.2, -0.15) is 0 Å². The number of aryl methyl sites for hydroxylation is 3. The summed E-state index contributed by atoms with van der Waals surface area (Å²) in [6.07, 6.45) is 0.794. The van der Waals surface area contributed by atoms with Crippen LogP contribution in [-0.2, 0) is 4.79 Å². The Morgan fingerprint density at radius 2 is 1.86 bits per heavy atom. The molecule has 1 N–H and O–H groups in total. The first-order chi connectivity index (χ1) is 13.2. The molecule has 4 nitrogen and oxygen atoms in total. The third-order valence-electron chi connectivity index (χ3n) is 5.21. The van der Waals surface area contributed by atoms with Crippen LogP contribution in [0, 0.1) is 20.8 Å². The van der Waals surface area contributed by atoms with Gasteiger partial charge in [-0.1, -0.05) is 36.8 Å². The SMILES string of the molecule is CC[C@H](Oc1ccc(C)cc1C)C(=O)N[C@H]1CC(C)(C)Oc2cc(C)ccc21. The summed E-state index contributed by atoms with van der Waals surface area (Å²) in [6.45, 7) is 12.2. The molecule has 0 saturated carbocycles. The second-order valence-corrected chi connectivity index (χ2v) is 8.45. The zero-order chi connectivity index (χ0) is 20.5. The molecule has 2 atom stereocenters. The molecule has 0 saturated heterocycles. The number of carbonyl (C=O) groups excluding carboxylic acids is 1. The average Bonchev–Trinajstić information content (AvgIpc) is 2.59. The lowest BCUT2D eigenvalue weighted by atomic mass is 9.89. The summed E-state index contributed by atoms with van der Waals surface area (Å²) in [4.78, 5) is 13.0. The van der Waals surface area contributed by atoms with Gasteiger partial charge in [0, 0.05) is 12.0 Å². The summed E-state index contributed by atoms with van der Waals surface area (Å²) in [6, 6.07) is 12.1. The summed E-state index contributed by atoms with van der Waals surface area (Å²) in [5.74, 6) is 1.53. The van der Waals surface area contributed by atoms with Crippen LogP contribution in [0.2, 0.25) is 0 Å². The Morgan fingerprint density at radius 1 is 1.18 bits per heavy atom. The van der Waals surface area contributed by atoms with Crippen molar-refractivity contribution in [1.82, 2.24) is 5.32 Å². The third-order valence-corrected chi connectivity index (χ3v) is 5.21. The Labute approximate surface area is 168 Å². The number of ether oxygens (including phenoxy) is 2. The van der Waals surface area contributed by atoms with Gasteiger partial charge in [0.25, 0.3) is 5.91 Å². The Hall–Kier alpha value is -2.49. The van der Waals surface area contributed by atoms with E-state index in [1.54, 1.807) is 0 Å². The van der Waals surface area contributed by atoms with Crippen LogP contribution in [0.5, 0.6) is 11.5 Å². The first kappa shape index (κ1) is 20.2. The lowest BCUT2D eigenvalue weighted by Gasteiger charge is -2.38. The molecule has 28 heavy (non-hydrogen) atoms. The number of rotatable bonds is 5. The van der Waals surface area contributed by atoms with E-state index in [1.165, 1.54) is 5.56 Å². The summed E-state index contributed by atoms with van der Waals surface area (Å²) in [5, 5.41) is 3.21. The van der Waals surface area contributed by atoms with E-state index < -0.39 is 6.10 Å². The third kappa shape index (κ3) is 4.49. The van der Waals surface area contributed by atoms with Gasteiger partial charge in [-0.25, -0.2) is 0 Å². The van der Waals surface area contributed by atoms with Gasteiger partial charge >= 0.3 is 0 Å². The van der Waals surface area contributed by atoms with Crippen molar-refractivity contribution in [3.63, 3.8) is 0 Å². The normalized spacial score (nSPS) is 18.6. The van der Waals surface area contributed by atoms with Gasteiger partial charge in [0.2, 0.25) is 0 Å². The monoisotopic (exact) mass is 381 g/mol. The van der Waals surface area contributed by atoms with Crippen LogP contribution in [0.1, 0.15) is 61.9 Å². The molecule has 2 aromatic rings. The van der Waals surface area contributed by atoms with Crippen molar-refractivity contribution >= 4 is 5.91 Å². The topological polar surface area (TPSA) is 47.6 Å². The molecule has 1 aliphatic heterocycles. The number of amides is 1. The molecule has 0 unspecified atom stereocenters. The summed E-state index contributed by atoms with van der Waals surface area (Å²) >= 11 is 0. The molecule has 1 heterocycles.